The van der Waals surface area contributed by atoms with Crippen molar-refractivity contribution in [1.29, 1.82) is 0 Å². The Labute approximate surface area is 176 Å². The van der Waals surface area contributed by atoms with Gasteiger partial charge in [-0.2, -0.15) is 4.52 Å². The molecule has 0 aliphatic rings. The van der Waals surface area contributed by atoms with Crippen LogP contribution < -0.4 is 5.32 Å². The van der Waals surface area contributed by atoms with Crippen LogP contribution in [0, 0.1) is 0 Å². The monoisotopic (exact) mass is 417 g/mol. The molecule has 1 N–H and O–H groups in total. The molecule has 5 aromatic rings. The zero-order valence-electron chi connectivity index (χ0n) is 15.2. The molecule has 142 valence electrons. The topological polar surface area (TPSA) is 55.1 Å². The summed E-state index contributed by atoms with van der Waals surface area (Å²) in [5, 5.41) is 18.3. The summed E-state index contributed by atoms with van der Waals surface area (Å²) in [5.41, 5.74) is 3.17. The van der Waals surface area contributed by atoms with Gasteiger partial charge in [0.2, 0.25) is 10.1 Å². The highest BCUT2D eigenvalue weighted by Crippen LogP contribution is 2.33. The Morgan fingerprint density at radius 1 is 0.828 bits per heavy atom. The lowest BCUT2D eigenvalue weighted by Gasteiger charge is -2.15. The number of halogens is 1. The van der Waals surface area contributed by atoms with Crippen molar-refractivity contribution in [1.82, 2.24) is 19.8 Å². The van der Waals surface area contributed by atoms with E-state index in [1.807, 2.05) is 65.2 Å². The lowest BCUT2D eigenvalue weighted by atomic mass is 9.91. The highest BCUT2D eigenvalue weighted by Gasteiger charge is 2.24. The molecule has 3 aromatic carbocycles. The van der Waals surface area contributed by atoms with Gasteiger partial charge >= 0.3 is 0 Å². The summed E-state index contributed by atoms with van der Waals surface area (Å²) < 4.78 is 1.82. The Balaban J connectivity index is 1.58. The van der Waals surface area contributed by atoms with Crippen molar-refractivity contribution in [2.75, 3.05) is 5.32 Å². The van der Waals surface area contributed by atoms with Crippen LogP contribution in [0.25, 0.3) is 4.96 Å². The summed E-state index contributed by atoms with van der Waals surface area (Å²) in [6.07, 6.45) is 0. The average molecular weight is 418 g/mol. The molecule has 0 spiro atoms. The third kappa shape index (κ3) is 3.60. The molecule has 0 radical (unpaired) electrons. The largest absolute Gasteiger partial charge is 0.330 e. The molecular formula is C22H16ClN5S. The molecule has 5 rings (SSSR count). The third-order valence-corrected chi connectivity index (χ3v) is 5.66. The van der Waals surface area contributed by atoms with E-state index in [1.54, 1.807) is 0 Å². The van der Waals surface area contributed by atoms with Gasteiger partial charge in [0, 0.05) is 10.7 Å². The Hall–Kier alpha value is -3.22. The van der Waals surface area contributed by atoms with E-state index in [2.05, 4.69) is 39.8 Å². The number of aromatic nitrogens is 4. The SMILES string of the molecule is Clc1cccc(Nc2nn3c(C(c4ccccc4)c4ccccc4)nnc3s2)c1. The molecule has 0 bridgehead atoms. The summed E-state index contributed by atoms with van der Waals surface area (Å²) in [6.45, 7) is 0. The van der Waals surface area contributed by atoms with Crippen molar-refractivity contribution in [3.05, 3.63) is 107 Å². The maximum absolute atomic E-state index is 6.09. The summed E-state index contributed by atoms with van der Waals surface area (Å²) in [4.78, 5) is 0.737. The number of anilines is 2. The fourth-order valence-electron chi connectivity index (χ4n) is 3.33. The number of hydrogen-bond donors (Lipinski definition) is 1. The molecule has 0 aliphatic carbocycles. The number of nitrogens with one attached hydrogen (secondary N) is 1. The van der Waals surface area contributed by atoms with Crippen molar-refractivity contribution in [2.24, 2.45) is 0 Å². The van der Waals surface area contributed by atoms with Crippen LogP contribution in [-0.2, 0) is 0 Å². The molecule has 5 nitrogen and oxygen atoms in total. The zero-order valence-corrected chi connectivity index (χ0v) is 16.8. The van der Waals surface area contributed by atoms with Crippen LogP contribution in [0.3, 0.4) is 0 Å². The second-order valence-corrected chi connectivity index (χ2v) is 7.94. The Morgan fingerprint density at radius 3 is 2.17 bits per heavy atom. The van der Waals surface area contributed by atoms with E-state index in [0.29, 0.717) is 5.02 Å². The molecule has 7 heteroatoms. The smallest absolute Gasteiger partial charge is 0.236 e. The van der Waals surface area contributed by atoms with Crippen molar-refractivity contribution < 1.29 is 0 Å². The minimum absolute atomic E-state index is 0.0616. The predicted octanol–water partition coefficient (Wildman–Crippen LogP) is 5.76. The van der Waals surface area contributed by atoms with Crippen molar-refractivity contribution >= 4 is 38.7 Å². The Kier molecular flexibility index (Phi) is 4.71. The van der Waals surface area contributed by atoms with Crippen LogP contribution in [-0.4, -0.2) is 19.8 Å². The molecule has 0 saturated heterocycles. The first-order valence-electron chi connectivity index (χ1n) is 9.12. The summed E-state index contributed by atoms with van der Waals surface area (Å²) in [5.74, 6) is 0.723. The minimum Gasteiger partial charge on any atom is -0.330 e. The van der Waals surface area contributed by atoms with Crippen molar-refractivity contribution in [3.8, 4) is 0 Å². The molecule has 0 saturated carbocycles. The first kappa shape index (κ1) is 17.8. The van der Waals surface area contributed by atoms with Crippen molar-refractivity contribution in [3.63, 3.8) is 0 Å². The number of rotatable bonds is 5. The minimum atomic E-state index is -0.0616. The van der Waals surface area contributed by atoms with Gasteiger partial charge in [-0.05, 0) is 29.3 Å². The predicted molar refractivity (Wildman–Crippen MR) is 117 cm³/mol. The van der Waals surface area contributed by atoms with E-state index in [-0.39, 0.29) is 5.92 Å². The van der Waals surface area contributed by atoms with Gasteiger partial charge < -0.3 is 5.32 Å². The second kappa shape index (κ2) is 7.66. The van der Waals surface area contributed by atoms with Gasteiger partial charge in [-0.15, -0.1) is 15.3 Å². The van der Waals surface area contributed by atoms with Gasteiger partial charge in [0.25, 0.3) is 0 Å². The molecule has 0 aliphatic heterocycles. The van der Waals surface area contributed by atoms with Gasteiger partial charge in [0.1, 0.15) is 0 Å². The standard InChI is InChI=1S/C22H16ClN5S/c23-17-12-7-13-18(14-17)24-21-27-28-20(25-26-22(28)29-21)19(15-8-3-1-4-9-15)16-10-5-2-6-11-16/h1-14,19H,(H,24,27). The van der Waals surface area contributed by atoms with E-state index in [9.17, 15) is 0 Å². The quantitative estimate of drug-likeness (QED) is 0.394. The highest BCUT2D eigenvalue weighted by atomic mass is 35.5. The Morgan fingerprint density at radius 2 is 1.52 bits per heavy atom. The second-order valence-electron chi connectivity index (χ2n) is 6.55. The van der Waals surface area contributed by atoms with Crippen LogP contribution in [0.15, 0.2) is 84.9 Å². The lowest BCUT2D eigenvalue weighted by Crippen LogP contribution is -2.09. The van der Waals surface area contributed by atoms with E-state index < -0.39 is 0 Å². The molecule has 0 amide bonds. The van der Waals surface area contributed by atoms with E-state index >= 15 is 0 Å². The molecule has 0 unspecified atom stereocenters. The van der Waals surface area contributed by atoms with Crippen LogP contribution >= 0.6 is 22.9 Å². The van der Waals surface area contributed by atoms with Gasteiger partial charge in [0.05, 0.1) is 5.92 Å². The maximum atomic E-state index is 6.09. The molecule has 2 heterocycles. The molecular weight excluding hydrogens is 402 g/mol. The molecule has 0 fully saturated rings. The van der Waals surface area contributed by atoms with Gasteiger partial charge in [-0.25, -0.2) is 0 Å². The molecule has 2 aromatic heterocycles. The van der Waals surface area contributed by atoms with Crippen LogP contribution in [0.5, 0.6) is 0 Å². The van der Waals surface area contributed by atoms with Crippen LogP contribution in [0.2, 0.25) is 5.02 Å². The maximum Gasteiger partial charge on any atom is 0.236 e. The average Bonchev–Trinajstić information content (AvgIpc) is 3.31. The van der Waals surface area contributed by atoms with Crippen LogP contribution in [0.4, 0.5) is 10.8 Å². The zero-order chi connectivity index (χ0) is 19.6. The molecule has 29 heavy (non-hydrogen) atoms. The third-order valence-electron chi connectivity index (χ3n) is 4.61. The fourth-order valence-corrected chi connectivity index (χ4v) is 4.29. The first-order valence-corrected chi connectivity index (χ1v) is 10.3. The number of nitrogens with zero attached hydrogens (tertiary/aromatic N) is 4. The normalized spacial score (nSPS) is 11.2. The highest BCUT2D eigenvalue weighted by molar-refractivity contribution is 7.20. The summed E-state index contributed by atoms with van der Waals surface area (Å²) >= 11 is 7.54. The van der Waals surface area contributed by atoms with E-state index in [0.717, 1.165) is 32.7 Å². The van der Waals surface area contributed by atoms with E-state index in [1.165, 1.54) is 11.3 Å². The molecule has 0 atom stereocenters. The van der Waals surface area contributed by atoms with Gasteiger partial charge in [0.15, 0.2) is 5.82 Å². The Bertz CT molecular complexity index is 1210. The number of benzene rings is 3. The number of hydrogen-bond acceptors (Lipinski definition) is 5. The summed E-state index contributed by atoms with van der Waals surface area (Å²) in [7, 11) is 0. The summed E-state index contributed by atoms with van der Waals surface area (Å²) in [6, 6.07) is 28.2. The van der Waals surface area contributed by atoms with Gasteiger partial charge in [-0.1, -0.05) is 89.7 Å². The number of fused-ring (bicyclic) bond motifs is 1. The first-order chi connectivity index (χ1) is 14.3. The van der Waals surface area contributed by atoms with Crippen LogP contribution in [0.1, 0.15) is 22.9 Å². The van der Waals surface area contributed by atoms with Gasteiger partial charge in [-0.3, -0.25) is 0 Å². The van der Waals surface area contributed by atoms with Crippen molar-refractivity contribution in [2.45, 2.75) is 5.92 Å². The van der Waals surface area contributed by atoms with E-state index in [4.69, 9.17) is 16.7 Å². The fraction of sp³-hybridized carbons (Fsp3) is 0.0455. The lowest BCUT2D eigenvalue weighted by molar-refractivity contribution is 0.786.